The summed E-state index contributed by atoms with van der Waals surface area (Å²) >= 11 is 0. The Morgan fingerprint density at radius 2 is 2.07 bits per heavy atom. The van der Waals surface area contributed by atoms with Gasteiger partial charge in [-0.3, -0.25) is 9.79 Å². The largest absolute Gasteiger partial charge is 0.387 e. The zero-order valence-electron chi connectivity index (χ0n) is 9.34. The molecule has 14 heavy (non-hydrogen) atoms. The van der Waals surface area contributed by atoms with Gasteiger partial charge in [0.05, 0.1) is 5.84 Å². The maximum Gasteiger partial charge on any atom is 0.244 e. The van der Waals surface area contributed by atoms with Gasteiger partial charge in [0.1, 0.15) is 6.04 Å². The third kappa shape index (κ3) is 5.56. The van der Waals surface area contributed by atoms with Crippen molar-refractivity contribution in [2.24, 2.45) is 10.7 Å². The summed E-state index contributed by atoms with van der Waals surface area (Å²) in [6.07, 6.45) is 2.65. The van der Waals surface area contributed by atoms with Crippen molar-refractivity contribution in [1.29, 1.82) is 0 Å². The quantitative estimate of drug-likeness (QED) is 0.496. The molecule has 0 radical (unpaired) electrons. The average molecular weight is 199 g/mol. The van der Waals surface area contributed by atoms with Crippen LogP contribution in [-0.2, 0) is 4.79 Å². The molecule has 4 nitrogen and oxygen atoms in total. The van der Waals surface area contributed by atoms with Crippen molar-refractivity contribution in [3.63, 3.8) is 0 Å². The summed E-state index contributed by atoms with van der Waals surface area (Å²) in [5.74, 6) is 0.512. The third-order valence-corrected chi connectivity index (χ3v) is 1.79. The zero-order chi connectivity index (χ0) is 11.0. The predicted molar refractivity (Wildman–Crippen MR) is 59.3 cm³/mol. The van der Waals surface area contributed by atoms with Crippen LogP contribution >= 0.6 is 0 Å². The summed E-state index contributed by atoms with van der Waals surface area (Å²) in [5, 5.41) is 2.78. The van der Waals surface area contributed by atoms with Crippen LogP contribution in [0, 0.1) is 0 Å². The Balaban J connectivity index is 3.98. The number of aliphatic imine (C=N–C) groups is 1. The van der Waals surface area contributed by atoms with Gasteiger partial charge in [-0.1, -0.05) is 13.8 Å². The molecule has 0 saturated carbocycles. The first-order chi connectivity index (χ1) is 6.61. The fourth-order valence-corrected chi connectivity index (χ4v) is 1.02. The maximum absolute atomic E-state index is 11.4. The Hall–Kier alpha value is -1.06. The maximum atomic E-state index is 11.4. The van der Waals surface area contributed by atoms with E-state index < -0.39 is 0 Å². The van der Waals surface area contributed by atoms with Crippen LogP contribution in [-0.4, -0.2) is 24.3 Å². The molecule has 0 aliphatic rings. The molecule has 0 rings (SSSR count). The number of carbonyl (C=O) groups excluding carboxylic acids is 1. The first-order valence-electron chi connectivity index (χ1n) is 5.21. The molecule has 0 fully saturated rings. The Bertz CT molecular complexity index is 202. The van der Waals surface area contributed by atoms with Crippen LogP contribution in [0.4, 0.5) is 0 Å². The summed E-state index contributed by atoms with van der Waals surface area (Å²) < 4.78 is 0. The van der Waals surface area contributed by atoms with Crippen molar-refractivity contribution in [2.45, 2.75) is 46.1 Å². The highest BCUT2D eigenvalue weighted by molar-refractivity contribution is 5.87. The van der Waals surface area contributed by atoms with Crippen LogP contribution in [0.15, 0.2) is 4.99 Å². The molecule has 0 aromatic carbocycles. The van der Waals surface area contributed by atoms with Crippen molar-refractivity contribution in [3.8, 4) is 0 Å². The number of hydrogen-bond acceptors (Lipinski definition) is 2. The number of nitrogens with zero attached hydrogens (tertiary/aromatic N) is 1. The summed E-state index contributed by atoms with van der Waals surface area (Å²) in [6.45, 7) is 6.50. The van der Waals surface area contributed by atoms with Gasteiger partial charge < -0.3 is 11.1 Å². The van der Waals surface area contributed by atoms with Gasteiger partial charge in [0.25, 0.3) is 0 Å². The summed E-state index contributed by atoms with van der Waals surface area (Å²) in [7, 11) is 0. The number of carbonyl (C=O) groups is 1. The minimum Gasteiger partial charge on any atom is -0.387 e. The summed E-state index contributed by atoms with van der Waals surface area (Å²) in [6, 6.07) is -0.368. The van der Waals surface area contributed by atoms with Crippen LogP contribution in [0.1, 0.15) is 40.0 Å². The zero-order valence-corrected chi connectivity index (χ0v) is 9.34. The fourth-order valence-electron chi connectivity index (χ4n) is 1.02. The van der Waals surface area contributed by atoms with E-state index in [0.717, 1.165) is 19.3 Å². The van der Waals surface area contributed by atoms with E-state index in [2.05, 4.69) is 10.3 Å². The number of nitrogens with two attached hydrogens (primary N) is 1. The third-order valence-electron chi connectivity index (χ3n) is 1.79. The molecule has 0 saturated heterocycles. The summed E-state index contributed by atoms with van der Waals surface area (Å²) in [4.78, 5) is 15.5. The molecule has 1 unspecified atom stereocenters. The van der Waals surface area contributed by atoms with Crippen molar-refractivity contribution < 1.29 is 4.79 Å². The van der Waals surface area contributed by atoms with Crippen molar-refractivity contribution in [2.75, 3.05) is 6.54 Å². The van der Waals surface area contributed by atoms with E-state index in [1.54, 1.807) is 6.92 Å². The molecule has 82 valence electrons. The first kappa shape index (κ1) is 12.9. The van der Waals surface area contributed by atoms with Crippen LogP contribution in [0.25, 0.3) is 0 Å². The minimum atomic E-state index is -0.368. The second-order valence-corrected chi connectivity index (χ2v) is 3.34. The standard InChI is InChI=1S/C10H21N3O/c1-4-6-9(11)13-8(3)10(14)12-7-5-2/h8H,4-7H2,1-3H3,(H2,11,13)(H,12,14). The number of nitrogens with one attached hydrogen (secondary N) is 1. The van der Waals surface area contributed by atoms with E-state index in [1.807, 2.05) is 13.8 Å². The number of rotatable bonds is 6. The van der Waals surface area contributed by atoms with E-state index in [-0.39, 0.29) is 11.9 Å². The van der Waals surface area contributed by atoms with Gasteiger partial charge in [0, 0.05) is 13.0 Å². The van der Waals surface area contributed by atoms with Gasteiger partial charge in [-0.05, 0) is 19.8 Å². The number of amidine groups is 1. The van der Waals surface area contributed by atoms with E-state index in [4.69, 9.17) is 5.73 Å². The van der Waals surface area contributed by atoms with E-state index in [1.165, 1.54) is 0 Å². The lowest BCUT2D eigenvalue weighted by atomic mass is 10.3. The van der Waals surface area contributed by atoms with E-state index in [0.29, 0.717) is 12.4 Å². The highest BCUT2D eigenvalue weighted by atomic mass is 16.2. The SMILES string of the molecule is CCCNC(=O)C(C)N=C(N)CCC. The second kappa shape index (κ2) is 7.35. The number of amides is 1. The van der Waals surface area contributed by atoms with E-state index >= 15 is 0 Å². The molecule has 1 atom stereocenters. The normalized spacial score (nSPS) is 13.8. The lowest BCUT2D eigenvalue weighted by Gasteiger charge is -2.08. The van der Waals surface area contributed by atoms with Crippen molar-refractivity contribution in [1.82, 2.24) is 5.32 Å². The highest BCUT2D eigenvalue weighted by Gasteiger charge is 2.10. The van der Waals surface area contributed by atoms with Gasteiger partial charge in [-0.15, -0.1) is 0 Å². The smallest absolute Gasteiger partial charge is 0.244 e. The van der Waals surface area contributed by atoms with Crippen LogP contribution in [0.2, 0.25) is 0 Å². The molecule has 4 heteroatoms. The Kier molecular flexibility index (Phi) is 6.80. The Morgan fingerprint density at radius 1 is 1.43 bits per heavy atom. The van der Waals surface area contributed by atoms with Gasteiger partial charge in [-0.2, -0.15) is 0 Å². The molecule has 0 aromatic heterocycles. The van der Waals surface area contributed by atoms with Crippen molar-refractivity contribution >= 4 is 11.7 Å². The van der Waals surface area contributed by atoms with Gasteiger partial charge in [0.15, 0.2) is 0 Å². The van der Waals surface area contributed by atoms with E-state index in [9.17, 15) is 4.79 Å². The van der Waals surface area contributed by atoms with Crippen LogP contribution < -0.4 is 11.1 Å². The molecule has 0 heterocycles. The predicted octanol–water partition coefficient (Wildman–Crippen LogP) is 1.06. The van der Waals surface area contributed by atoms with Crippen molar-refractivity contribution in [3.05, 3.63) is 0 Å². The second-order valence-electron chi connectivity index (χ2n) is 3.34. The molecular formula is C10H21N3O. The Morgan fingerprint density at radius 3 is 2.57 bits per heavy atom. The lowest BCUT2D eigenvalue weighted by molar-refractivity contribution is -0.121. The topological polar surface area (TPSA) is 67.5 Å². The molecule has 0 aliphatic carbocycles. The molecule has 0 aromatic rings. The molecule has 3 N–H and O–H groups in total. The fraction of sp³-hybridized carbons (Fsp3) is 0.800. The molecule has 1 amide bonds. The highest BCUT2D eigenvalue weighted by Crippen LogP contribution is 1.94. The molecular weight excluding hydrogens is 178 g/mol. The van der Waals surface area contributed by atoms with Crippen LogP contribution in [0.5, 0.6) is 0 Å². The van der Waals surface area contributed by atoms with Gasteiger partial charge in [0.2, 0.25) is 5.91 Å². The number of hydrogen-bond donors (Lipinski definition) is 2. The monoisotopic (exact) mass is 199 g/mol. The van der Waals surface area contributed by atoms with Gasteiger partial charge in [-0.25, -0.2) is 0 Å². The lowest BCUT2D eigenvalue weighted by Crippen LogP contribution is -2.33. The molecule has 0 bridgehead atoms. The molecule has 0 spiro atoms. The average Bonchev–Trinajstić information content (AvgIpc) is 2.14. The summed E-state index contributed by atoms with van der Waals surface area (Å²) in [5.41, 5.74) is 5.62. The minimum absolute atomic E-state index is 0.0501. The first-order valence-corrected chi connectivity index (χ1v) is 5.21. The molecule has 0 aliphatic heterocycles. The van der Waals surface area contributed by atoms with Gasteiger partial charge >= 0.3 is 0 Å². The Labute approximate surface area is 86.0 Å². The van der Waals surface area contributed by atoms with Crippen LogP contribution in [0.3, 0.4) is 0 Å².